The monoisotopic (exact) mass is 309 g/mol. The van der Waals surface area contributed by atoms with Crippen molar-refractivity contribution in [3.63, 3.8) is 0 Å². The Morgan fingerprint density at radius 1 is 1.22 bits per heavy atom. The molecule has 2 aromatic carbocycles. The SMILES string of the molecule is CNCc1ccc(Br)cc1Oc1cccc(F)c1. The van der Waals surface area contributed by atoms with Gasteiger partial charge in [0.1, 0.15) is 17.3 Å². The largest absolute Gasteiger partial charge is 0.457 e. The van der Waals surface area contributed by atoms with Gasteiger partial charge in [-0.25, -0.2) is 4.39 Å². The van der Waals surface area contributed by atoms with Gasteiger partial charge in [-0.2, -0.15) is 0 Å². The third-order valence-corrected chi connectivity index (χ3v) is 2.91. The predicted octanol–water partition coefficient (Wildman–Crippen LogP) is 4.10. The minimum Gasteiger partial charge on any atom is -0.457 e. The van der Waals surface area contributed by atoms with E-state index >= 15 is 0 Å². The van der Waals surface area contributed by atoms with Crippen LogP contribution in [0.4, 0.5) is 4.39 Å². The van der Waals surface area contributed by atoms with E-state index in [1.807, 2.05) is 25.2 Å². The molecule has 0 aliphatic rings. The van der Waals surface area contributed by atoms with Crippen LogP contribution in [0.25, 0.3) is 0 Å². The van der Waals surface area contributed by atoms with Gasteiger partial charge < -0.3 is 10.1 Å². The Bertz CT molecular complexity index is 545. The van der Waals surface area contributed by atoms with Crippen molar-refractivity contribution in [2.75, 3.05) is 7.05 Å². The molecule has 2 nitrogen and oxygen atoms in total. The summed E-state index contributed by atoms with van der Waals surface area (Å²) in [6.07, 6.45) is 0. The van der Waals surface area contributed by atoms with Crippen molar-refractivity contribution in [2.24, 2.45) is 0 Å². The summed E-state index contributed by atoms with van der Waals surface area (Å²) < 4.78 is 19.7. The summed E-state index contributed by atoms with van der Waals surface area (Å²) >= 11 is 3.40. The molecule has 0 atom stereocenters. The van der Waals surface area contributed by atoms with Crippen LogP contribution in [0.5, 0.6) is 11.5 Å². The molecule has 0 heterocycles. The highest BCUT2D eigenvalue weighted by Crippen LogP contribution is 2.28. The lowest BCUT2D eigenvalue weighted by atomic mass is 10.2. The van der Waals surface area contributed by atoms with Gasteiger partial charge in [0.15, 0.2) is 0 Å². The van der Waals surface area contributed by atoms with Crippen LogP contribution in [-0.4, -0.2) is 7.05 Å². The van der Waals surface area contributed by atoms with Gasteiger partial charge >= 0.3 is 0 Å². The molecule has 0 radical (unpaired) electrons. The van der Waals surface area contributed by atoms with Gasteiger partial charge in [-0.15, -0.1) is 0 Å². The predicted molar refractivity (Wildman–Crippen MR) is 73.4 cm³/mol. The van der Waals surface area contributed by atoms with E-state index in [0.717, 1.165) is 10.0 Å². The zero-order valence-corrected chi connectivity index (χ0v) is 11.5. The maximum absolute atomic E-state index is 13.1. The number of rotatable bonds is 4. The summed E-state index contributed by atoms with van der Waals surface area (Å²) in [7, 11) is 1.87. The van der Waals surface area contributed by atoms with Crippen molar-refractivity contribution in [1.29, 1.82) is 0 Å². The lowest BCUT2D eigenvalue weighted by Gasteiger charge is -2.11. The van der Waals surface area contributed by atoms with E-state index in [9.17, 15) is 4.39 Å². The molecular weight excluding hydrogens is 297 g/mol. The number of halogens is 2. The van der Waals surface area contributed by atoms with Gasteiger partial charge in [0.05, 0.1) is 0 Å². The molecule has 94 valence electrons. The summed E-state index contributed by atoms with van der Waals surface area (Å²) in [6, 6.07) is 11.9. The third-order valence-electron chi connectivity index (χ3n) is 2.42. The molecule has 0 aromatic heterocycles. The molecule has 2 rings (SSSR count). The second-order valence-electron chi connectivity index (χ2n) is 3.84. The first-order chi connectivity index (χ1) is 8.69. The Kier molecular flexibility index (Phi) is 4.33. The molecule has 0 fully saturated rings. The fourth-order valence-corrected chi connectivity index (χ4v) is 1.96. The standard InChI is InChI=1S/C14H13BrFNO/c1-17-9-10-5-6-11(15)7-14(10)18-13-4-2-3-12(16)8-13/h2-8,17H,9H2,1H3. The van der Waals surface area contributed by atoms with Crippen molar-refractivity contribution in [1.82, 2.24) is 5.32 Å². The third kappa shape index (κ3) is 3.31. The van der Waals surface area contributed by atoms with Crippen LogP contribution in [-0.2, 0) is 6.54 Å². The van der Waals surface area contributed by atoms with Gasteiger partial charge in [-0.1, -0.05) is 28.1 Å². The summed E-state index contributed by atoms with van der Waals surface area (Å²) in [5.74, 6) is 0.896. The molecule has 0 bridgehead atoms. The quantitative estimate of drug-likeness (QED) is 0.918. The van der Waals surface area contributed by atoms with E-state index in [1.54, 1.807) is 12.1 Å². The molecule has 1 N–H and O–H groups in total. The van der Waals surface area contributed by atoms with Crippen LogP contribution < -0.4 is 10.1 Å². The van der Waals surface area contributed by atoms with E-state index in [-0.39, 0.29) is 5.82 Å². The Morgan fingerprint density at radius 3 is 2.78 bits per heavy atom. The van der Waals surface area contributed by atoms with Crippen LogP contribution in [0.15, 0.2) is 46.9 Å². The number of hydrogen-bond donors (Lipinski definition) is 1. The molecule has 0 unspecified atom stereocenters. The zero-order valence-electron chi connectivity index (χ0n) is 9.91. The Labute approximate surface area is 114 Å². The number of benzene rings is 2. The molecular formula is C14H13BrFNO. The van der Waals surface area contributed by atoms with Gasteiger partial charge in [-0.05, 0) is 31.3 Å². The number of hydrogen-bond acceptors (Lipinski definition) is 2. The Morgan fingerprint density at radius 2 is 2.06 bits per heavy atom. The topological polar surface area (TPSA) is 21.3 Å². The van der Waals surface area contributed by atoms with Crippen LogP contribution >= 0.6 is 15.9 Å². The fraction of sp³-hybridized carbons (Fsp3) is 0.143. The molecule has 4 heteroatoms. The molecule has 0 spiro atoms. The smallest absolute Gasteiger partial charge is 0.133 e. The number of ether oxygens (including phenoxy) is 1. The first-order valence-electron chi connectivity index (χ1n) is 5.55. The molecule has 18 heavy (non-hydrogen) atoms. The van der Waals surface area contributed by atoms with E-state index < -0.39 is 0 Å². The fourth-order valence-electron chi connectivity index (χ4n) is 1.62. The van der Waals surface area contributed by atoms with Crippen molar-refractivity contribution >= 4 is 15.9 Å². The molecule has 0 saturated carbocycles. The Balaban J connectivity index is 2.29. The average Bonchev–Trinajstić information content (AvgIpc) is 2.33. The molecule has 0 aliphatic carbocycles. The summed E-state index contributed by atoms with van der Waals surface area (Å²) in [6.45, 7) is 0.692. The maximum Gasteiger partial charge on any atom is 0.133 e. The van der Waals surface area contributed by atoms with E-state index in [2.05, 4.69) is 21.2 Å². The lowest BCUT2D eigenvalue weighted by Crippen LogP contribution is -2.06. The van der Waals surface area contributed by atoms with Crippen molar-refractivity contribution in [3.8, 4) is 11.5 Å². The van der Waals surface area contributed by atoms with Gasteiger partial charge in [-0.3, -0.25) is 0 Å². The minimum absolute atomic E-state index is 0.308. The van der Waals surface area contributed by atoms with Gasteiger partial charge in [0, 0.05) is 22.6 Å². The highest BCUT2D eigenvalue weighted by Gasteiger charge is 2.06. The summed E-state index contributed by atoms with van der Waals surface area (Å²) in [5, 5.41) is 3.07. The first kappa shape index (κ1) is 13.1. The second-order valence-corrected chi connectivity index (χ2v) is 4.76. The molecule has 2 aromatic rings. The average molecular weight is 310 g/mol. The van der Waals surface area contributed by atoms with Crippen LogP contribution in [0.3, 0.4) is 0 Å². The molecule has 0 aliphatic heterocycles. The van der Waals surface area contributed by atoms with E-state index in [0.29, 0.717) is 18.0 Å². The first-order valence-corrected chi connectivity index (χ1v) is 6.35. The molecule has 0 saturated heterocycles. The van der Waals surface area contributed by atoms with Crippen LogP contribution in [0, 0.1) is 5.82 Å². The zero-order chi connectivity index (χ0) is 13.0. The van der Waals surface area contributed by atoms with Crippen molar-refractivity contribution in [3.05, 3.63) is 58.3 Å². The van der Waals surface area contributed by atoms with Gasteiger partial charge in [0.25, 0.3) is 0 Å². The van der Waals surface area contributed by atoms with Crippen molar-refractivity contribution < 1.29 is 9.13 Å². The van der Waals surface area contributed by atoms with Crippen LogP contribution in [0.2, 0.25) is 0 Å². The summed E-state index contributed by atoms with van der Waals surface area (Å²) in [5.41, 5.74) is 1.02. The van der Waals surface area contributed by atoms with Gasteiger partial charge in [0.2, 0.25) is 0 Å². The van der Waals surface area contributed by atoms with Crippen LogP contribution in [0.1, 0.15) is 5.56 Å². The van der Waals surface area contributed by atoms with E-state index in [4.69, 9.17) is 4.74 Å². The summed E-state index contributed by atoms with van der Waals surface area (Å²) in [4.78, 5) is 0. The Hall–Kier alpha value is -1.39. The van der Waals surface area contributed by atoms with E-state index in [1.165, 1.54) is 12.1 Å². The number of nitrogens with one attached hydrogen (secondary N) is 1. The van der Waals surface area contributed by atoms with Crippen molar-refractivity contribution in [2.45, 2.75) is 6.54 Å². The maximum atomic E-state index is 13.1. The highest BCUT2D eigenvalue weighted by molar-refractivity contribution is 9.10. The minimum atomic E-state index is -0.308. The molecule has 0 amide bonds. The highest BCUT2D eigenvalue weighted by atomic mass is 79.9. The normalized spacial score (nSPS) is 10.4. The lowest BCUT2D eigenvalue weighted by molar-refractivity contribution is 0.468. The second kappa shape index (κ2) is 5.98.